The molecular formula is C21H14F3N3O2S2. The van der Waals surface area contributed by atoms with Gasteiger partial charge >= 0.3 is 0 Å². The standard InChI is InChI=1S/C21H14F3N3O2S2/c22-13-7-14(23)9-15(8-13)25-18(28)11-31-21-26-17-5-6-30-19(17)20(29)27(21)10-12-3-1-2-4-16(12)24/h1-9H,10-11H2,(H,25,28). The minimum absolute atomic E-state index is 0.0203. The second kappa shape index (κ2) is 8.94. The molecular weight excluding hydrogens is 447 g/mol. The first-order chi connectivity index (χ1) is 14.9. The summed E-state index contributed by atoms with van der Waals surface area (Å²) in [5, 5.41) is 4.37. The van der Waals surface area contributed by atoms with Gasteiger partial charge < -0.3 is 5.32 Å². The minimum atomic E-state index is -0.814. The van der Waals surface area contributed by atoms with Crippen LogP contribution < -0.4 is 10.9 Å². The third-order valence-corrected chi connectivity index (χ3v) is 6.16. The lowest BCUT2D eigenvalue weighted by atomic mass is 10.2. The van der Waals surface area contributed by atoms with Crippen molar-refractivity contribution >= 4 is 44.9 Å². The van der Waals surface area contributed by atoms with Crippen molar-refractivity contribution in [3.63, 3.8) is 0 Å². The van der Waals surface area contributed by atoms with Crippen LogP contribution in [0.4, 0.5) is 18.9 Å². The van der Waals surface area contributed by atoms with Crippen molar-refractivity contribution in [2.24, 2.45) is 0 Å². The molecule has 10 heteroatoms. The van der Waals surface area contributed by atoms with E-state index in [4.69, 9.17) is 0 Å². The zero-order chi connectivity index (χ0) is 22.0. The molecule has 5 nitrogen and oxygen atoms in total. The van der Waals surface area contributed by atoms with Gasteiger partial charge in [0.05, 0.1) is 17.8 Å². The number of hydrogen-bond acceptors (Lipinski definition) is 5. The lowest BCUT2D eigenvalue weighted by Gasteiger charge is -2.13. The predicted octanol–water partition coefficient (Wildman–Crippen LogP) is 4.65. The van der Waals surface area contributed by atoms with Gasteiger partial charge in [-0.2, -0.15) is 0 Å². The number of rotatable bonds is 6. The number of anilines is 1. The highest BCUT2D eigenvalue weighted by Gasteiger charge is 2.16. The number of nitrogens with one attached hydrogen (secondary N) is 1. The third-order valence-electron chi connectivity index (χ3n) is 4.30. The van der Waals surface area contributed by atoms with E-state index in [0.717, 1.165) is 23.9 Å². The first kappa shape index (κ1) is 21.1. The lowest BCUT2D eigenvalue weighted by Crippen LogP contribution is -2.24. The van der Waals surface area contributed by atoms with E-state index in [9.17, 15) is 22.8 Å². The summed E-state index contributed by atoms with van der Waals surface area (Å²) in [6, 6.07) is 10.5. The molecule has 0 aliphatic heterocycles. The van der Waals surface area contributed by atoms with Gasteiger partial charge in [-0.1, -0.05) is 30.0 Å². The average molecular weight is 461 g/mol. The number of nitrogens with zero attached hydrogens (tertiary/aromatic N) is 2. The molecule has 1 N–H and O–H groups in total. The number of halogens is 3. The van der Waals surface area contributed by atoms with E-state index in [1.807, 2.05) is 0 Å². The van der Waals surface area contributed by atoms with Crippen LogP contribution in [-0.2, 0) is 11.3 Å². The molecule has 0 fully saturated rings. The maximum absolute atomic E-state index is 14.1. The molecule has 2 aromatic heterocycles. The molecule has 2 aromatic carbocycles. The third kappa shape index (κ3) is 4.80. The SMILES string of the molecule is O=C(CSc1nc2ccsc2c(=O)n1Cc1ccccc1F)Nc1cc(F)cc(F)c1. The van der Waals surface area contributed by atoms with Gasteiger partial charge in [-0.25, -0.2) is 18.2 Å². The number of amides is 1. The smallest absolute Gasteiger partial charge is 0.272 e. The summed E-state index contributed by atoms with van der Waals surface area (Å²) >= 11 is 2.21. The summed E-state index contributed by atoms with van der Waals surface area (Å²) < 4.78 is 42.5. The molecule has 4 rings (SSSR count). The topological polar surface area (TPSA) is 64.0 Å². The van der Waals surface area contributed by atoms with Crippen LogP contribution in [0, 0.1) is 17.5 Å². The fourth-order valence-corrected chi connectivity index (χ4v) is 4.50. The van der Waals surface area contributed by atoms with Crippen molar-refractivity contribution in [1.29, 1.82) is 0 Å². The largest absolute Gasteiger partial charge is 0.325 e. The van der Waals surface area contributed by atoms with E-state index in [0.29, 0.717) is 21.8 Å². The maximum atomic E-state index is 14.1. The molecule has 0 bridgehead atoms. The summed E-state index contributed by atoms with van der Waals surface area (Å²) in [7, 11) is 0. The van der Waals surface area contributed by atoms with E-state index >= 15 is 0 Å². The number of carbonyl (C=O) groups is 1. The maximum Gasteiger partial charge on any atom is 0.272 e. The number of hydrogen-bond donors (Lipinski definition) is 1. The van der Waals surface area contributed by atoms with Crippen LogP contribution >= 0.6 is 23.1 Å². The van der Waals surface area contributed by atoms with Crippen LogP contribution in [0.1, 0.15) is 5.56 Å². The number of fused-ring (bicyclic) bond motifs is 1. The zero-order valence-corrected chi connectivity index (χ0v) is 17.4. The molecule has 0 aliphatic carbocycles. The minimum Gasteiger partial charge on any atom is -0.325 e. The summed E-state index contributed by atoms with van der Waals surface area (Å²) in [5.74, 6) is -2.79. The Morgan fingerprint density at radius 1 is 1.10 bits per heavy atom. The first-order valence-corrected chi connectivity index (χ1v) is 10.9. The van der Waals surface area contributed by atoms with Crippen molar-refractivity contribution in [3.05, 3.63) is 87.3 Å². The lowest BCUT2D eigenvalue weighted by molar-refractivity contribution is -0.113. The molecule has 0 unspecified atom stereocenters. The molecule has 0 radical (unpaired) electrons. The Labute approximate surface area is 182 Å². The second-order valence-corrected chi connectivity index (χ2v) is 8.37. The van der Waals surface area contributed by atoms with E-state index in [1.54, 1.807) is 29.6 Å². The molecule has 1 amide bonds. The number of aromatic nitrogens is 2. The van der Waals surface area contributed by atoms with Gasteiger partial charge in [0.2, 0.25) is 5.91 Å². The normalized spacial score (nSPS) is 11.1. The van der Waals surface area contributed by atoms with E-state index in [1.165, 1.54) is 22.0 Å². The van der Waals surface area contributed by atoms with E-state index in [2.05, 4.69) is 10.3 Å². The molecule has 0 spiro atoms. The quantitative estimate of drug-likeness (QED) is 0.335. The van der Waals surface area contributed by atoms with Gasteiger partial charge in [0, 0.05) is 17.3 Å². The van der Waals surface area contributed by atoms with Gasteiger partial charge in [0.25, 0.3) is 5.56 Å². The highest BCUT2D eigenvalue weighted by atomic mass is 32.2. The van der Waals surface area contributed by atoms with Gasteiger partial charge in [-0.05, 0) is 29.6 Å². The number of thioether (sulfide) groups is 1. The summed E-state index contributed by atoms with van der Waals surface area (Å²) in [6.07, 6.45) is 0. The molecule has 0 saturated heterocycles. The van der Waals surface area contributed by atoms with Crippen molar-refractivity contribution in [3.8, 4) is 0 Å². The van der Waals surface area contributed by atoms with E-state index in [-0.39, 0.29) is 28.7 Å². The Morgan fingerprint density at radius 2 is 1.84 bits per heavy atom. The first-order valence-electron chi connectivity index (χ1n) is 9.01. The van der Waals surface area contributed by atoms with Gasteiger partial charge in [-0.3, -0.25) is 14.2 Å². The van der Waals surface area contributed by atoms with Crippen molar-refractivity contribution in [2.75, 3.05) is 11.1 Å². The highest BCUT2D eigenvalue weighted by molar-refractivity contribution is 7.99. The van der Waals surface area contributed by atoms with Crippen LogP contribution in [0.5, 0.6) is 0 Å². The zero-order valence-electron chi connectivity index (χ0n) is 15.8. The fourth-order valence-electron chi connectivity index (χ4n) is 2.92. The Balaban J connectivity index is 1.59. The molecule has 4 aromatic rings. The van der Waals surface area contributed by atoms with Crippen LogP contribution in [0.2, 0.25) is 0 Å². The highest BCUT2D eigenvalue weighted by Crippen LogP contribution is 2.23. The molecule has 0 atom stereocenters. The molecule has 158 valence electrons. The van der Waals surface area contributed by atoms with Crippen LogP contribution in [0.15, 0.2) is 63.9 Å². The fraction of sp³-hybridized carbons (Fsp3) is 0.0952. The van der Waals surface area contributed by atoms with Crippen LogP contribution in [0.25, 0.3) is 10.2 Å². The summed E-state index contributed by atoms with van der Waals surface area (Å²) in [4.78, 5) is 29.7. The summed E-state index contributed by atoms with van der Waals surface area (Å²) in [5.41, 5.74) is 0.435. The molecule has 31 heavy (non-hydrogen) atoms. The van der Waals surface area contributed by atoms with Crippen molar-refractivity contribution in [1.82, 2.24) is 9.55 Å². The van der Waals surface area contributed by atoms with Gasteiger partial charge in [0.1, 0.15) is 22.2 Å². The van der Waals surface area contributed by atoms with Crippen LogP contribution in [0.3, 0.4) is 0 Å². The Bertz CT molecular complexity index is 1320. The predicted molar refractivity (Wildman–Crippen MR) is 115 cm³/mol. The van der Waals surface area contributed by atoms with Crippen LogP contribution in [-0.4, -0.2) is 21.2 Å². The van der Waals surface area contributed by atoms with Crippen molar-refractivity contribution in [2.45, 2.75) is 11.7 Å². The van der Waals surface area contributed by atoms with Crippen molar-refractivity contribution < 1.29 is 18.0 Å². The monoisotopic (exact) mass is 461 g/mol. The van der Waals surface area contributed by atoms with Gasteiger partial charge in [0.15, 0.2) is 5.16 Å². The molecule has 0 saturated carbocycles. The Hall–Kier alpha value is -3.11. The van der Waals surface area contributed by atoms with E-state index < -0.39 is 23.4 Å². The second-order valence-electron chi connectivity index (χ2n) is 6.51. The Kier molecular flexibility index (Phi) is 6.10. The number of benzene rings is 2. The summed E-state index contributed by atoms with van der Waals surface area (Å²) in [6.45, 7) is -0.0502. The molecule has 0 aliphatic rings. The number of carbonyl (C=O) groups excluding carboxylic acids is 1. The van der Waals surface area contributed by atoms with Gasteiger partial charge in [-0.15, -0.1) is 11.3 Å². The molecule has 2 heterocycles. The average Bonchev–Trinajstić information content (AvgIpc) is 3.18. The number of thiophene rings is 1. The Morgan fingerprint density at radius 3 is 2.58 bits per heavy atom.